The van der Waals surface area contributed by atoms with Gasteiger partial charge in [0, 0.05) is 6.54 Å². The summed E-state index contributed by atoms with van der Waals surface area (Å²) in [7, 11) is 0. The number of nitrogens with zero attached hydrogens (tertiary/aromatic N) is 2. The van der Waals surface area contributed by atoms with Crippen LogP contribution < -0.4 is 17.0 Å². The Labute approximate surface area is 146 Å². The van der Waals surface area contributed by atoms with E-state index in [2.05, 4.69) is 4.98 Å². The topological polar surface area (TPSA) is 137 Å². The van der Waals surface area contributed by atoms with Gasteiger partial charge in [-0.2, -0.15) is 0 Å². The van der Waals surface area contributed by atoms with Crippen molar-refractivity contribution in [3.05, 3.63) is 42.0 Å². The second kappa shape index (κ2) is 7.43. The summed E-state index contributed by atoms with van der Waals surface area (Å²) < 4.78 is 6.07. The van der Waals surface area contributed by atoms with Gasteiger partial charge in [0.15, 0.2) is 6.61 Å². The van der Waals surface area contributed by atoms with Gasteiger partial charge in [-0.1, -0.05) is 6.92 Å². The molecular formula is C15H18N4O5S. The lowest BCUT2D eigenvalue weighted by Gasteiger charge is -2.11. The number of rotatable bonds is 6. The van der Waals surface area contributed by atoms with Crippen LogP contribution in [0.5, 0.6) is 0 Å². The van der Waals surface area contributed by atoms with E-state index in [0.717, 1.165) is 15.9 Å². The minimum Gasteiger partial charge on any atom is -0.453 e. The zero-order valence-corrected chi connectivity index (χ0v) is 14.9. The Kier molecular flexibility index (Phi) is 5.52. The maximum atomic E-state index is 12.3. The zero-order valence-electron chi connectivity index (χ0n) is 14.0. The van der Waals surface area contributed by atoms with Gasteiger partial charge in [-0.05, 0) is 20.3 Å². The quantitative estimate of drug-likeness (QED) is 0.565. The molecule has 0 aliphatic rings. The lowest BCUT2D eigenvalue weighted by atomic mass is 10.2. The van der Waals surface area contributed by atoms with Crippen molar-refractivity contribution in [3.63, 3.8) is 0 Å². The summed E-state index contributed by atoms with van der Waals surface area (Å²) in [6.07, 6.45) is 0.586. The van der Waals surface area contributed by atoms with Crippen LogP contribution >= 0.6 is 11.3 Å². The van der Waals surface area contributed by atoms with E-state index < -0.39 is 35.2 Å². The third-order valence-corrected chi connectivity index (χ3v) is 4.44. The first-order valence-corrected chi connectivity index (χ1v) is 8.34. The Morgan fingerprint density at radius 3 is 2.56 bits per heavy atom. The molecular weight excluding hydrogens is 348 g/mol. The number of aryl methyl sites for hydroxylation is 2. The molecule has 0 bridgehead atoms. The largest absolute Gasteiger partial charge is 0.453 e. The third kappa shape index (κ3) is 3.85. The lowest BCUT2D eigenvalue weighted by Crippen LogP contribution is -2.37. The first-order valence-electron chi connectivity index (χ1n) is 7.53. The number of carbonyl (C=O) groups excluding carboxylic acids is 2. The van der Waals surface area contributed by atoms with E-state index >= 15 is 0 Å². The summed E-state index contributed by atoms with van der Waals surface area (Å²) in [4.78, 5) is 54.4. The Balaban J connectivity index is 2.23. The number of anilines is 1. The Bertz CT molecular complexity index is 940. The van der Waals surface area contributed by atoms with E-state index in [1.165, 1.54) is 0 Å². The van der Waals surface area contributed by atoms with Gasteiger partial charge in [-0.15, -0.1) is 11.3 Å². The van der Waals surface area contributed by atoms with Gasteiger partial charge >= 0.3 is 11.7 Å². The zero-order chi connectivity index (χ0) is 18.7. The molecule has 0 atom stereocenters. The fraction of sp³-hybridized carbons (Fsp3) is 0.400. The molecule has 134 valence electrons. The summed E-state index contributed by atoms with van der Waals surface area (Å²) in [6, 6.07) is 0. The maximum absolute atomic E-state index is 12.3. The van der Waals surface area contributed by atoms with E-state index in [0.29, 0.717) is 22.0 Å². The summed E-state index contributed by atoms with van der Waals surface area (Å²) in [6.45, 7) is 4.81. The monoisotopic (exact) mass is 366 g/mol. The second-order valence-corrected chi connectivity index (χ2v) is 6.52. The molecule has 2 heterocycles. The normalized spacial score (nSPS) is 10.7. The number of nitrogens with two attached hydrogens (primary N) is 1. The highest BCUT2D eigenvalue weighted by Gasteiger charge is 2.22. The number of nitrogen functional groups attached to an aromatic ring is 1. The Morgan fingerprint density at radius 1 is 1.32 bits per heavy atom. The van der Waals surface area contributed by atoms with Crippen molar-refractivity contribution in [3.8, 4) is 0 Å². The molecule has 0 spiro atoms. The van der Waals surface area contributed by atoms with Gasteiger partial charge in [0.2, 0.25) is 5.78 Å². The van der Waals surface area contributed by atoms with E-state index in [-0.39, 0.29) is 12.4 Å². The molecule has 0 unspecified atom stereocenters. The summed E-state index contributed by atoms with van der Waals surface area (Å²) in [5.74, 6) is -1.72. The smallest absolute Gasteiger partial charge is 0.350 e. The Morgan fingerprint density at radius 2 is 2.00 bits per heavy atom. The Hall–Kier alpha value is -2.75. The fourth-order valence-electron chi connectivity index (χ4n) is 2.29. The van der Waals surface area contributed by atoms with Gasteiger partial charge in [0.1, 0.15) is 16.3 Å². The first-order chi connectivity index (χ1) is 11.8. The van der Waals surface area contributed by atoms with Gasteiger partial charge in [0.05, 0.1) is 10.7 Å². The van der Waals surface area contributed by atoms with Crippen LogP contribution in [0.3, 0.4) is 0 Å². The summed E-state index contributed by atoms with van der Waals surface area (Å²) in [5, 5.41) is 0.697. The van der Waals surface area contributed by atoms with Crippen LogP contribution in [0.4, 0.5) is 5.82 Å². The number of aromatic nitrogens is 3. The van der Waals surface area contributed by atoms with Gasteiger partial charge in [0.25, 0.3) is 5.56 Å². The number of H-pyrrole nitrogens is 1. The average Bonchev–Trinajstić information content (AvgIpc) is 2.87. The number of ketones is 1. The minimum atomic E-state index is -0.902. The van der Waals surface area contributed by atoms with Crippen LogP contribution in [0.15, 0.2) is 9.59 Å². The van der Waals surface area contributed by atoms with Crippen LogP contribution in [-0.2, 0) is 11.3 Å². The molecule has 0 saturated carbocycles. The van der Waals surface area contributed by atoms with Crippen molar-refractivity contribution in [2.45, 2.75) is 33.7 Å². The number of aromatic amines is 1. The highest BCUT2D eigenvalue weighted by atomic mass is 32.1. The lowest BCUT2D eigenvalue weighted by molar-refractivity contribution is 0.0478. The van der Waals surface area contributed by atoms with Crippen molar-refractivity contribution in [1.82, 2.24) is 14.5 Å². The van der Waals surface area contributed by atoms with Crippen LogP contribution in [0.1, 0.15) is 44.1 Å². The highest BCUT2D eigenvalue weighted by molar-refractivity contribution is 7.13. The van der Waals surface area contributed by atoms with E-state index in [4.69, 9.17) is 10.5 Å². The first kappa shape index (κ1) is 18.6. The second-order valence-electron chi connectivity index (χ2n) is 5.32. The molecule has 25 heavy (non-hydrogen) atoms. The number of hydrogen-bond acceptors (Lipinski definition) is 8. The number of ether oxygens (including phenoxy) is 1. The van der Waals surface area contributed by atoms with Gasteiger partial charge in [-0.25, -0.2) is 14.6 Å². The predicted octanol–water partition coefficient (Wildman–Crippen LogP) is 0.642. The molecule has 0 saturated heterocycles. The third-order valence-electron chi connectivity index (χ3n) is 3.39. The summed E-state index contributed by atoms with van der Waals surface area (Å²) in [5.41, 5.74) is 4.32. The number of hydrogen-bond donors (Lipinski definition) is 2. The van der Waals surface area contributed by atoms with Crippen molar-refractivity contribution < 1.29 is 14.3 Å². The van der Waals surface area contributed by atoms with E-state index in [1.807, 2.05) is 11.9 Å². The summed E-state index contributed by atoms with van der Waals surface area (Å²) >= 11 is 1.15. The molecule has 3 N–H and O–H groups in total. The SMILES string of the molecule is CCCn1c(N)c(C(=O)COC(=O)c2sc(C)nc2C)c(=O)[nH]c1=O. The van der Waals surface area contributed by atoms with Crippen LogP contribution in [0.2, 0.25) is 0 Å². The van der Waals surface area contributed by atoms with Crippen molar-refractivity contribution in [2.24, 2.45) is 0 Å². The molecule has 0 fully saturated rings. The van der Waals surface area contributed by atoms with E-state index in [9.17, 15) is 19.2 Å². The van der Waals surface area contributed by atoms with Crippen LogP contribution in [0.25, 0.3) is 0 Å². The van der Waals surface area contributed by atoms with Gasteiger partial charge < -0.3 is 10.5 Å². The molecule has 2 aromatic rings. The molecule has 2 rings (SSSR count). The molecule has 2 aromatic heterocycles. The molecule has 0 aliphatic carbocycles. The molecule has 0 aliphatic heterocycles. The van der Waals surface area contributed by atoms with Crippen LogP contribution in [-0.4, -0.2) is 32.9 Å². The predicted molar refractivity (Wildman–Crippen MR) is 92.2 cm³/mol. The number of thiazole rings is 1. The fourth-order valence-corrected chi connectivity index (χ4v) is 3.11. The number of Topliss-reactive ketones (excluding diaryl/α,β-unsaturated/α-hetero) is 1. The highest BCUT2D eigenvalue weighted by Crippen LogP contribution is 2.18. The van der Waals surface area contributed by atoms with Crippen molar-refractivity contribution >= 4 is 28.9 Å². The molecule has 0 aromatic carbocycles. The molecule has 9 nitrogen and oxygen atoms in total. The van der Waals surface area contributed by atoms with Crippen molar-refractivity contribution in [2.75, 3.05) is 12.3 Å². The van der Waals surface area contributed by atoms with Gasteiger partial charge in [-0.3, -0.25) is 19.1 Å². The van der Waals surface area contributed by atoms with Crippen LogP contribution in [0, 0.1) is 13.8 Å². The molecule has 0 radical (unpaired) electrons. The minimum absolute atomic E-state index is 0.235. The number of esters is 1. The van der Waals surface area contributed by atoms with Crippen molar-refractivity contribution in [1.29, 1.82) is 0 Å². The maximum Gasteiger partial charge on any atom is 0.350 e. The average molecular weight is 366 g/mol. The number of carbonyl (C=O) groups is 2. The number of nitrogens with one attached hydrogen (secondary N) is 1. The standard InChI is InChI=1S/C15H18N4O5S/c1-4-5-19-12(16)10(13(21)18-15(19)23)9(20)6-24-14(22)11-7(2)17-8(3)25-11/h4-6,16H2,1-3H3,(H,18,21,23). The molecule has 0 amide bonds. The molecule has 10 heteroatoms. The van der Waals surface area contributed by atoms with E-state index in [1.54, 1.807) is 13.8 Å².